The maximum atomic E-state index is 13.5. The minimum absolute atomic E-state index is 0.00230. The average molecular weight is 497 g/mol. The van der Waals surface area contributed by atoms with Gasteiger partial charge in [-0.05, 0) is 86.9 Å². The number of carbonyl (C=O) groups excluding carboxylic acids is 2. The van der Waals surface area contributed by atoms with E-state index in [2.05, 4.69) is 10.2 Å². The summed E-state index contributed by atoms with van der Waals surface area (Å²) < 4.78 is 26.9. The van der Waals surface area contributed by atoms with Crippen LogP contribution in [0.15, 0.2) is 48.5 Å². The molecule has 0 aromatic heterocycles. The Morgan fingerprint density at radius 3 is 2.11 bits per heavy atom. The molecule has 3 aliphatic rings. The van der Waals surface area contributed by atoms with Crippen molar-refractivity contribution in [3.63, 3.8) is 0 Å². The summed E-state index contributed by atoms with van der Waals surface area (Å²) in [5.74, 6) is -1.07. The zero-order valence-corrected chi connectivity index (χ0v) is 20.4. The topological polar surface area (TPSA) is 78.7 Å². The highest BCUT2D eigenvalue weighted by molar-refractivity contribution is 5.98. The number of hydrogen-bond donors (Lipinski definition) is 2. The van der Waals surface area contributed by atoms with Crippen LogP contribution in [-0.2, 0) is 11.3 Å². The number of hydrogen-bond acceptors (Lipinski definition) is 4. The third kappa shape index (κ3) is 5.76. The third-order valence-corrected chi connectivity index (χ3v) is 7.82. The van der Waals surface area contributed by atoms with Crippen LogP contribution < -0.4 is 11.1 Å². The predicted octanol–water partition coefficient (Wildman–Crippen LogP) is 3.60. The van der Waals surface area contributed by atoms with Crippen LogP contribution in [0, 0.1) is 11.6 Å². The van der Waals surface area contributed by atoms with Crippen molar-refractivity contribution in [1.82, 2.24) is 15.1 Å². The number of nitrogens with one attached hydrogen (secondary N) is 1. The summed E-state index contributed by atoms with van der Waals surface area (Å²) in [6, 6.07) is 12.0. The van der Waals surface area contributed by atoms with Gasteiger partial charge in [-0.25, -0.2) is 8.78 Å². The lowest BCUT2D eigenvalue weighted by molar-refractivity contribution is -0.125. The summed E-state index contributed by atoms with van der Waals surface area (Å²) in [6.07, 6.45) is 6.11. The summed E-state index contributed by atoms with van der Waals surface area (Å²) in [7, 11) is 0. The number of nitrogens with zero attached hydrogens (tertiary/aromatic N) is 2. The van der Waals surface area contributed by atoms with Crippen molar-refractivity contribution < 1.29 is 18.4 Å². The predicted molar refractivity (Wildman–Crippen MR) is 133 cm³/mol. The Labute approximate surface area is 210 Å². The van der Waals surface area contributed by atoms with Gasteiger partial charge in [0.25, 0.3) is 5.91 Å². The van der Waals surface area contributed by atoms with Gasteiger partial charge in [-0.3, -0.25) is 14.5 Å². The molecule has 0 radical (unpaired) electrons. The van der Waals surface area contributed by atoms with Crippen LogP contribution in [0.1, 0.15) is 60.9 Å². The summed E-state index contributed by atoms with van der Waals surface area (Å²) >= 11 is 0. The molecular formula is C28H34F2N4O2. The van der Waals surface area contributed by atoms with E-state index < -0.39 is 11.9 Å². The minimum Gasteiger partial charge on any atom is -0.352 e. The lowest BCUT2D eigenvalue weighted by atomic mass is 9.91. The first-order valence-corrected chi connectivity index (χ1v) is 13.0. The zero-order valence-electron chi connectivity index (χ0n) is 20.4. The zero-order chi connectivity index (χ0) is 25.2. The highest BCUT2D eigenvalue weighted by Crippen LogP contribution is 2.35. The standard InChI is InChI=1S/C28H34F2N4O2/c29-20-5-1-18(2-6-20)16-33(24-13-14-24)25-15-26(27(35)32-23-11-9-22(31)10-12-23)34(17-25)28(36)19-3-7-21(30)8-4-19/h1-8,22-26H,9-17,31H2,(H,32,35). The van der Waals surface area contributed by atoms with E-state index in [0.717, 1.165) is 44.1 Å². The summed E-state index contributed by atoms with van der Waals surface area (Å²) in [6.45, 7) is 1.06. The van der Waals surface area contributed by atoms with E-state index in [1.165, 1.54) is 36.4 Å². The summed E-state index contributed by atoms with van der Waals surface area (Å²) in [4.78, 5) is 31.0. The molecule has 2 atom stereocenters. The van der Waals surface area contributed by atoms with Gasteiger partial charge in [0.15, 0.2) is 0 Å². The molecule has 36 heavy (non-hydrogen) atoms. The number of amides is 2. The maximum absolute atomic E-state index is 13.5. The van der Waals surface area contributed by atoms with Crippen molar-refractivity contribution in [2.24, 2.45) is 5.73 Å². The molecular weight excluding hydrogens is 462 g/mol. The molecule has 2 aromatic rings. The normalized spacial score (nSPS) is 26.3. The molecule has 0 bridgehead atoms. The first-order chi connectivity index (χ1) is 17.4. The van der Waals surface area contributed by atoms with E-state index >= 15 is 0 Å². The van der Waals surface area contributed by atoms with Crippen LogP contribution in [0.5, 0.6) is 0 Å². The monoisotopic (exact) mass is 496 g/mol. The van der Waals surface area contributed by atoms with Gasteiger partial charge in [0.1, 0.15) is 17.7 Å². The Balaban J connectivity index is 1.35. The number of carbonyl (C=O) groups is 2. The SMILES string of the molecule is NC1CCC(NC(=O)C2CC(N(Cc3ccc(F)cc3)C3CC3)CN2C(=O)c2ccc(F)cc2)CC1. The Hall–Kier alpha value is -2.84. The smallest absolute Gasteiger partial charge is 0.254 e. The van der Waals surface area contributed by atoms with E-state index in [0.29, 0.717) is 31.1 Å². The van der Waals surface area contributed by atoms with Gasteiger partial charge in [-0.15, -0.1) is 0 Å². The van der Waals surface area contributed by atoms with Crippen LogP contribution in [0.3, 0.4) is 0 Å². The summed E-state index contributed by atoms with van der Waals surface area (Å²) in [5, 5.41) is 3.18. The molecule has 2 amide bonds. The minimum atomic E-state index is -0.599. The molecule has 8 heteroatoms. The molecule has 3 N–H and O–H groups in total. The number of likely N-dealkylation sites (tertiary alicyclic amines) is 1. The number of rotatable bonds is 7. The van der Waals surface area contributed by atoms with Gasteiger partial charge in [-0.2, -0.15) is 0 Å². The van der Waals surface area contributed by atoms with Gasteiger partial charge >= 0.3 is 0 Å². The van der Waals surface area contributed by atoms with Crippen molar-refractivity contribution in [2.45, 2.75) is 81.7 Å². The van der Waals surface area contributed by atoms with Crippen molar-refractivity contribution >= 4 is 11.8 Å². The molecule has 192 valence electrons. The van der Waals surface area contributed by atoms with Crippen molar-refractivity contribution in [3.8, 4) is 0 Å². The van der Waals surface area contributed by atoms with Gasteiger partial charge in [0, 0.05) is 42.8 Å². The van der Waals surface area contributed by atoms with E-state index in [4.69, 9.17) is 5.73 Å². The van der Waals surface area contributed by atoms with E-state index in [-0.39, 0.29) is 35.8 Å². The van der Waals surface area contributed by atoms with E-state index in [1.807, 2.05) is 0 Å². The fourth-order valence-corrected chi connectivity index (χ4v) is 5.61. The molecule has 2 aliphatic carbocycles. The second kappa shape index (κ2) is 10.6. The van der Waals surface area contributed by atoms with Gasteiger partial charge in [0.05, 0.1) is 0 Å². The van der Waals surface area contributed by atoms with Crippen molar-refractivity contribution in [3.05, 3.63) is 71.3 Å². The molecule has 3 fully saturated rings. The maximum Gasteiger partial charge on any atom is 0.254 e. The third-order valence-electron chi connectivity index (χ3n) is 7.82. The van der Waals surface area contributed by atoms with Crippen LogP contribution in [0.4, 0.5) is 8.78 Å². The second-order valence-corrected chi connectivity index (χ2v) is 10.5. The Morgan fingerprint density at radius 2 is 1.50 bits per heavy atom. The number of nitrogens with two attached hydrogens (primary N) is 1. The van der Waals surface area contributed by atoms with Crippen LogP contribution in [0.25, 0.3) is 0 Å². The molecule has 1 heterocycles. The van der Waals surface area contributed by atoms with Gasteiger partial charge in [-0.1, -0.05) is 12.1 Å². The Morgan fingerprint density at radius 1 is 0.889 bits per heavy atom. The van der Waals surface area contributed by atoms with Crippen molar-refractivity contribution in [2.75, 3.05) is 6.54 Å². The van der Waals surface area contributed by atoms with Crippen molar-refractivity contribution in [1.29, 1.82) is 0 Å². The molecule has 2 saturated carbocycles. The largest absolute Gasteiger partial charge is 0.352 e. The molecule has 2 aromatic carbocycles. The molecule has 2 unspecified atom stereocenters. The molecule has 6 nitrogen and oxygen atoms in total. The second-order valence-electron chi connectivity index (χ2n) is 10.5. The van der Waals surface area contributed by atoms with Crippen LogP contribution >= 0.6 is 0 Å². The van der Waals surface area contributed by atoms with Crippen LogP contribution in [-0.4, -0.2) is 58.4 Å². The Kier molecular flexibility index (Phi) is 7.34. The lowest BCUT2D eigenvalue weighted by Gasteiger charge is -2.30. The van der Waals surface area contributed by atoms with E-state index in [9.17, 15) is 18.4 Å². The molecule has 5 rings (SSSR count). The van der Waals surface area contributed by atoms with Crippen LogP contribution in [0.2, 0.25) is 0 Å². The number of benzene rings is 2. The highest BCUT2D eigenvalue weighted by Gasteiger charge is 2.45. The summed E-state index contributed by atoms with van der Waals surface area (Å²) in [5.41, 5.74) is 7.40. The Bertz CT molecular complexity index is 1070. The lowest BCUT2D eigenvalue weighted by Crippen LogP contribution is -2.50. The molecule has 0 spiro atoms. The fraction of sp³-hybridized carbons (Fsp3) is 0.500. The molecule has 1 saturated heterocycles. The number of halogens is 2. The quantitative estimate of drug-likeness (QED) is 0.614. The fourth-order valence-electron chi connectivity index (χ4n) is 5.61. The van der Waals surface area contributed by atoms with Gasteiger partial charge < -0.3 is 16.0 Å². The first kappa shape index (κ1) is 24.8. The molecule has 1 aliphatic heterocycles. The van der Waals surface area contributed by atoms with Gasteiger partial charge in [0.2, 0.25) is 5.91 Å². The average Bonchev–Trinajstić information content (AvgIpc) is 3.62. The highest BCUT2D eigenvalue weighted by atomic mass is 19.1. The first-order valence-electron chi connectivity index (χ1n) is 13.0. The van der Waals surface area contributed by atoms with E-state index in [1.54, 1.807) is 17.0 Å².